The summed E-state index contributed by atoms with van der Waals surface area (Å²) in [7, 11) is 0. The molecular weight excluding hydrogens is 158 g/mol. The summed E-state index contributed by atoms with van der Waals surface area (Å²) in [6.07, 6.45) is 4.78. The first kappa shape index (κ1) is 9.04. The number of terminal acetylenes is 1. The van der Waals surface area contributed by atoms with Gasteiger partial charge in [0.15, 0.2) is 0 Å². The normalized spacial score (nSPS) is 26.0. The largest absolute Gasteiger partial charge is 0.378 e. The second-order valence-electron chi connectivity index (χ2n) is 2.60. The smallest absolute Gasteiger partial charge is 0.210 e. The molecule has 12 heavy (non-hydrogen) atoms. The lowest BCUT2D eigenvalue weighted by Gasteiger charge is -2.33. The maximum absolute atomic E-state index is 10.5. The molecule has 1 heterocycles. The second kappa shape index (κ2) is 4.10. The third kappa shape index (κ3) is 1.76. The van der Waals surface area contributed by atoms with E-state index < -0.39 is 6.10 Å². The van der Waals surface area contributed by atoms with E-state index in [-0.39, 0.29) is 6.04 Å². The van der Waals surface area contributed by atoms with Crippen molar-refractivity contribution in [2.45, 2.75) is 12.1 Å². The second-order valence-corrected chi connectivity index (χ2v) is 2.60. The van der Waals surface area contributed by atoms with Gasteiger partial charge in [0.25, 0.3) is 0 Å². The van der Waals surface area contributed by atoms with Crippen LogP contribution in [0.2, 0.25) is 0 Å². The number of ether oxygens (including phenoxy) is 1. The molecule has 2 atom stereocenters. The minimum Gasteiger partial charge on any atom is -0.378 e. The third-order valence-electron chi connectivity index (χ3n) is 1.88. The highest BCUT2D eigenvalue weighted by Crippen LogP contribution is 2.07. The number of amides is 1. The molecule has 0 radical (unpaired) electrons. The van der Waals surface area contributed by atoms with Crippen molar-refractivity contribution >= 4 is 6.41 Å². The first-order valence-electron chi connectivity index (χ1n) is 3.72. The fourth-order valence-electron chi connectivity index (χ4n) is 1.15. The Labute approximate surface area is 71.1 Å². The monoisotopic (exact) mass is 169 g/mol. The Bertz CT molecular complexity index is 199. The van der Waals surface area contributed by atoms with Crippen LogP contribution in [0.25, 0.3) is 0 Å². The molecule has 1 fully saturated rings. The van der Waals surface area contributed by atoms with E-state index in [2.05, 4.69) is 5.92 Å². The van der Waals surface area contributed by atoms with Crippen LogP contribution in [0.5, 0.6) is 0 Å². The number of hydrogen-bond donors (Lipinski definition) is 1. The molecule has 1 saturated heterocycles. The summed E-state index contributed by atoms with van der Waals surface area (Å²) in [6, 6.07) is -0.388. The van der Waals surface area contributed by atoms with Gasteiger partial charge in [0.2, 0.25) is 6.41 Å². The Morgan fingerprint density at radius 3 is 3.17 bits per heavy atom. The van der Waals surface area contributed by atoms with Gasteiger partial charge >= 0.3 is 0 Å². The minimum absolute atomic E-state index is 0.310. The highest BCUT2D eigenvalue weighted by atomic mass is 16.5. The average molecular weight is 169 g/mol. The first-order chi connectivity index (χ1) is 5.79. The summed E-state index contributed by atoms with van der Waals surface area (Å²) in [5.41, 5.74) is 0. The van der Waals surface area contributed by atoms with E-state index in [0.29, 0.717) is 26.2 Å². The highest BCUT2D eigenvalue weighted by Gasteiger charge is 2.26. The zero-order valence-electron chi connectivity index (χ0n) is 6.64. The lowest BCUT2D eigenvalue weighted by molar-refractivity contribution is -0.129. The number of nitrogens with zero attached hydrogens (tertiary/aromatic N) is 1. The van der Waals surface area contributed by atoms with Crippen molar-refractivity contribution in [3.05, 3.63) is 0 Å². The Hall–Kier alpha value is -1.05. The van der Waals surface area contributed by atoms with E-state index in [1.807, 2.05) is 0 Å². The lowest BCUT2D eigenvalue weighted by Crippen LogP contribution is -2.50. The van der Waals surface area contributed by atoms with Crippen molar-refractivity contribution in [1.82, 2.24) is 4.90 Å². The summed E-state index contributed by atoms with van der Waals surface area (Å²) in [6.45, 7) is 1.31. The number of aliphatic hydroxyl groups is 1. The van der Waals surface area contributed by atoms with E-state index >= 15 is 0 Å². The summed E-state index contributed by atoms with van der Waals surface area (Å²) >= 11 is 0. The number of carbonyl (C=O) groups is 1. The molecule has 0 aliphatic carbocycles. The van der Waals surface area contributed by atoms with E-state index in [4.69, 9.17) is 11.2 Å². The van der Waals surface area contributed by atoms with Gasteiger partial charge in [-0.2, -0.15) is 0 Å². The van der Waals surface area contributed by atoms with Gasteiger partial charge in [-0.15, -0.1) is 6.42 Å². The molecule has 0 spiro atoms. The number of rotatable bonds is 2. The predicted molar refractivity (Wildman–Crippen MR) is 42.2 cm³/mol. The zero-order chi connectivity index (χ0) is 8.97. The number of morpholine rings is 1. The molecular formula is C8H11NO3. The van der Waals surface area contributed by atoms with Gasteiger partial charge in [-0.25, -0.2) is 0 Å². The van der Waals surface area contributed by atoms with Crippen LogP contribution in [-0.4, -0.2) is 48.3 Å². The van der Waals surface area contributed by atoms with Crippen LogP contribution in [0.1, 0.15) is 0 Å². The summed E-state index contributed by atoms with van der Waals surface area (Å²) in [4.78, 5) is 11.9. The number of aliphatic hydroxyl groups excluding tert-OH is 1. The lowest BCUT2D eigenvalue weighted by atomic mass is 10.1. The van der Waals surface area contributed by atoms with Crippen molar-refractivity contribution < 1.29 is 14.6 Å². The van der Waals surface area contributed by atoms with Crippen molar-refractivity contribution in [3.8, 4) is 12.3 Å². The first-order valence-corrected chi connectivity index (χ1v) is 3.72. The molecule has 0 aromatic carbocycles. The number of carbonyl (C=O) groups excluding carboxylic acids is 1. The van der Waals surface area contributed by atoms with Crippen LogP contribution in [0.4, 0.5) is 0 Å². The third-order valence-corrected chi connectivity index (χ3v) is 1.88. The molecule has 0 saturated carbocycles. The molecule has 4 heteroatoms. The standard InChI is InChI=1S/C8H11NO3/c1-2-8(11)7-5-12-4-3-9(7)6-10/h1,6-8,11H,3-5H2. The minimum atomic E-state index is -0.935. The Morgan fingerprint density at radius 1 is 1.83 bits per heavy atom. The fraction of sp³-hybridized carbons (Fsp3) is 0.625. The molecule has 1 amide bonds. The quantitative estimate of drug-likeness (QED) is 0.419. The zero-order valence-corrected chi connectivity index (χ0v) is 6.64. The topological polar surface area (TPSA) is 49.8 Å². The molecule has 0 bridgehead atoms. The van der Waals surface area contributed by atoms with E-state index in [1.165, 1.54) is 4.90 Å². The molecule has 0 aromatic heterocycles. The average Bonchev–Trinajstić information content (AvgIpc) is 2.16. The van der Waals surface area contributed by atoms with Gasteiger partial charge in [-0.3, -0.25) is 4.79 Å². The molecule has 1 aliphatic rings. The Kier molecular flexibility index (Phi) is 3.09. The molecule has 4 nitrogen and oxygen atoms in total. The Balaban J connectivity index is 2.59. The summed E-state index contributed by atoms with van der Waals surface area (Å²) in [5, 5.41) is 9.27. The van der Waals surface area contributed by atoms with Gasteiger partial charge in [0, 0.05) is 6.54 Å². The maximum Gasteiger partial charge on any atom is 0.210 e. The molecule has 1 N–H and O–H groups in total. The van der Waals surface area contributed by atoms with E-state index in [1.54, 1.807) is 0 Å². The van der Waals surface area contributed by atoms with Crippen LogP contribution >= 0.6 is 0 Å². The van der Waals surface area contributed by atoms with Crippen molar-refractivity contribution in [2.75, 3.05) is 19.8 Å². The molecule has 66 valence electrons. The van der Waals surface area contributed by atoms with Crippen LogP contribution < -0.4 is 0 Å². The van der Waals surface area contributed by atoms with Gasteiger partial charge < -0.3 is 14.7 Å². The van der Waals surface area contributed by atoms with Crippen LogP contribution in [0.15, 0.2) is 0 Å². The molecule has 2 unspecified atom stereocenters. The van der Waals surface area contributed by atoms with Crippen molar-refractivity contribution in [3.63, 3.8) is 0 Å². The number of hydrogen-bond acceptors (Lipinski definition) is 3. The van der Waals surface area contributed by atoms with Crippen LogP contribution in [-0.2, 0) is 9.53 Å². The Morgan fingerprint density at radius 2 is 2.58 bits per heavy atom. The SMILES string of the molecule is C#CC(O)C1COCCN1C=O. The maximum atomic E-state index is 10.5. The van der Waals surface area contributed by atoms with Gasteiger partial charge in [-0.1, -0.05) is 5.92 Å². The molecule has 1 rings (SSSR count). The molecule has 1 aliphatic heterocycles. The summed E-state index contributed by atoms with van der Waals surface area (Å²) in [5.74, 6) is 2.17. The fourth-order valence-corrected chi connectivity index (χ4v) is 1.15. The highest BCUT2D eigenvalue weighted by molar-refractivity contribution is 5.48. The van der Waals surface area contributed by atoms with Crippen molar-refractivity contribution in [1.29, 1.82) is 0 Å². The van der Waals surface area contributed by atoms with Gasteiger partial charge in [-0.05, 0) is 0 Å². The molecule has 0 aromatic rings. The van der Waals surface area contributed by atoms with E-state index in [9.17, 15) is 9.90 Å². The van der Waals surface area contributed by atoms with Crippen molar-refractivity contribution in [2.24, 2.45) is 0 Å². The van der Waals surface area contributed by atoms with Crippen LogP contribution in [0, 0.1) is 12.3 Å². The van der Waals surface area contributed by atoms with Crippen LogP contribution in [0.3, 0.4) is 0 Å². The van der Waals surface area contributed by atoms with E-state index in [0.717, 1.165) is 0 Å². The summed E-state index contributed by atoms with van der Waals surface area (Å²) < 4.78 is 5.08. The van der Waals surface area contributed by atoms with Gasteiger partial charge in [0.05, 0.1) is 19.3 Å². The predicted octanol–water partition coefficient (Wildman–Crippen LogP) is -1.16. The van der Waals surface area contributed by atoms with Gasteiger partial charge in [0.1, 0.15) is 6.10 Å².